The second-order valence-electron chi connectivity index (χ2n) is 7.60. The van der Waals surface area contributed by atoms with Gasteiger partial charge in [0.25, 0.3) is 0 Å². The summed E-state index contributed by atoms with van der Waals surface area (Å²) in [5.74, 6) is 0.736. The molecule has 148 valence electrons. The Morgan fingerprint density at radius 1 is 0.900 bits per heavy atom. The van der Waals surface area contributed by atoms with Crippen LogP contribution in [0.4, 0.5) is 0 Å². The van der Waals surface area contributed by atoms with Crippen molar-refractivity contribution in [3.63, 3.8) is 0 Å². The lowest BCUT2D eigenvalue weighted by atomic mass is 10.0. The van der Waals surface area contributed by atoms with Gasteiger partial charge >= 0.3 is 0 Å². The van der Waals surface area contributed by atoms with Crippen molar-refractivity contribution in [1.29, 1.82) is 0 Å². The summed E-state index contributed by atoms with van der Waals surface area (Å²) in [7, 11) is 0. The van der Waals surface area contributed by atoms with Gasteiger partial charge in [-0.3, -0.25) is 9.88 Å². The summed E-state index contributed by atoms with van der Waals surface area (Å²) in [6.07, 6.45) is 7.99. The van der Waals surface area contributed by atoms with Gasteiger partial charge in [0.2, 0.25) is 0 Å². The molecule has 7 heteroatoms. The topological polar surface area (TPSA) is 59.7 Å². The maximum absolute atomic E-state index is 4.94. The number of rotatable bonds is 3. The summed E-state index contributed by atoms with van der Waals surface area (Å²) >= 11 is 1.60. The minimum absolute atomic E-state index is 0.0259. The number of hydrogen-bond acceptors (Lipinski definition) is 6. The molecule has 0 radical (unpaired) electrons. The number of aromatic nitrogens is 5. The fourth-order valence-electron chi connectivity index (χ4n) is 4.24. The Morgan fingerprint density at radius 3 is 2.50 bits per heavy atom. The second kappa shape index (κ2) is 7.34. The molecular formula is C23H20N6S. The summed E-state index contributed by atoms with van der Waals surface area (Å²) in [6, 6.07) is 16.6. The molecule has 2 aliphatic heterocycles. The fourth-order valence-corrected chi connectivity index (χ4v) is 5.17. The van der Waals surface area contributed by atoms with E-state index in [0.29, 0.717) is 0 Å². The molecule has 1 atom stereocenters. The van der Waals surface area contributed by atoms with Crippen molar-refractivity contribution in [2.45, 2.75) is 29.2 Å². The van der Waals surface area contributed by atoms with E-state index in [4.69, 9.17) is 15.1 Å². The summed E-state index contributed by atoms with van der Waals surface area (Å²) in [5, 5.41) is 6.85. The first kappa shape index (κ1) is 17.8. The minimum atomic E-state index is 0.0259. The van der Waals surface area contributed by atoms with Gasteiger partial charge in [-0.1, -0.05) is 30.3 Å². The molecule has 4 aromatic rings. The molecule has 3 aromatic heterocycles. The van der Waals surface area contributed by atoms with Gasteiger partial charge in [0.05, 0.1) is 0 Å². The van der Waals surface area contributed by atoms with Crippen molar-refractivity contribution in [2.24, 2.45) is 0 Å². The van der Waals surface area contributed by atoms with E-state index in [2.05, 4.69) is 44.9 Å². The molecule has 0 spiro atoms. The summed E-state index contributed by atoms with van der Waals surface area (Å²) in [5.41, 5.74) is 4.51. The van der Waals surface area contributed by atoms with Crippen LogP contribution in [0, 0.1) is 0 Å². The SMILES string of the molecule is c1ccc(-c2cnc3c(c2)[C@H](N2CCCC2)n2nc(-c4ccncc4)nc2S3)cc1. The van der Waals surface area contributed by atoms with Crippen LogP contribution in [-0.2, 0) is 0 Å². The molecule has 0 N–H and O–H groups in total. The molecule has 2 aliphatic rings. The van der Waals surface area contributed by atoms with Crippen molar-refractivity contribution in [3.8, 4) is 22.5 Å². The van der Waals surface area contributed by atoms with E-state index < -0.39 is 0 Å². The normalized spacial score (nSPS) is 18.2. The molecule has 0 saturated carbocycles. The van der Waals surface area contributed by atoms with Crippen LogP contribution in [0.25, 0.3) is 22.5 Å². The molecule has 5 heterocycles. The molecule has 0 aliphatic carbocycles. The third-order valence-electron chi connectivity index (χ3n) is 5.71. The Balaban J connectivity index is 1.48. The molecule has 30 heavy (non-hydrogen) atoms. The van der Waals surface area contributed by atoms with Gasteiger partial charge in [0, 0.05) is 48.4 Å². The maximum Gasteiger partial charge on any atom is 0.194 e. The van der Waals surface area contributed by atoms with Gasteiger partial charge in [0.1, 0.15) is 11.2 Å². The highest BCUT2D eigenvalue weighted by molar-refractivity contribution is 7.99. The molecule has 0 unspecified atom stereocenters. The number of benzene rings is 1. The first-order valence-electron chi connectivity index (χ1n) is 10.2. The van der Waals surface area contributed by atoms with Gasteiger partial charge in [-0.15, -0.1) is 5.10 Å². The highest BCUT2D eigenvalue weighted by Crippen LogP contribution is 2.43. The van der Waals surface area contributed by atoms with E-state index in [1.807, 2.05) is 24.4 Å². The first-order valence-corrected chi connectivity index (χ1v) is 11.0. The smallest absolute Gasteiger partial charge is 0.194 e. The first-order chi connectivity index (χ1) is 14.9. The van der Waals surface area contributed by atoms with Crippen molar-refractivity contribution in [2.75, 3.05) is 13.1 Å². The third kappa shape index (κ3) is 3.02. The standard InChI is InChI=1S/C23H20N6S/c1-2-6-16(7-3-1)18-14-19-21(25-15-18)30-23-26-20(17-8-10-24-11-9-17)27-29(23)22(19)28-12-4-5-13-28/h1-3,6-11,14-15,22H,4-5,12-13H2/t22-/m1/s1. The number of fused-ring (bicyclic) bond motifs is 2. The van der Waals surface area contributed by atoms with Crippen LogP contribution in [-0.4, -0.2) is 42.7 Å². The van der Waals surface area contributed by atoms with E-state index in [9.17, 15) is 0 Å². The summed E-state index contributed by atoms with van der Waals surface area (Å²) in [6.45, 7) is 2.13. The van der Waals surface area contributed by atoms with Crippen molar-refractivity contribution < 1.29 is 0 Å². The van der Waals surface area contributed by atoms with Crippen LogP contribution in [0.2, 0.25) is 0 Å². The Bertz CT molecular complexity index is 1190. The predicted molar refractivity (Wildman–Crippen MR) is 116 cm³/mol. The fraction of sp³-hybridized carbons (Fsp3) is 0.217. The number of hydrogen-bond donors (Lipinski definition) is 0. The zero-order valence-corrected chi connectivity index (χ0v) is 17.2. The molecule has 1 saturated heterocycles. The van der Waals surface area contributed by atoms with E-state index in [1.165, 1.54) is 24.0 Å². The lowest BCUT2D eigenvalue weighted by molar-refractivity contribution is 0.182. The van der Waals surface area contributed by atoms with Crippen molar-refractivity contribution in [1.82, 2.24) is 29.6 Å². The van der Waals surface area contributed by atoms with E-state index in [1.54, 1.807) is 24.2 Å². The van der Waals surface area contributed by atoms with Gasteiger partial charge in [-0.05, 0) is 48.4 Å². The average Bonchev–Trinajstić information content (AvgIpc) is 3.48. The van der Waals surface area contributed by atoms with Crippen LogP contribution >= 0.6 is 11.8 Å². The maximum atomic E-state index is 4.94. The lowest BCUT2D eigenvalue weighted by Gasteiger charge is -2.32. The van der Waals surface area contributed by atoms with Crippen molar-refractivity contribution >= 4 is 11.8 Å². The molecular weight excluding hydrogens is 392 g/mol. The number of likely N-dealkylation sites (tertiary alicyclic amines) is 1. The Hall–Kier alpha value is -3.03. The van der Waals surface area contributed by atoms with Crippen LogP contribution in [0.15, 0.2) is 77.3 Å². The van der Waals surface area contributed by atoms with Crippen LogP contribution < -0.4 is 0 Å². The van der Waals surface area contributed by atoms with Crippen molar-refractivity contribution in [3.05, 3.63) is 72.7 Å². The Labute approximate surface area is 179 Å². The summed E-state index contributed by atoms with van der Waals surface area (Å²) < 4.78 is 2.09. The van der Waals surface area contributed by atoms with Gasteiger partial charge in [-0.25, -0.2) is 14.6 Å². The Kier molecular flexibility index (Phi) is 4.35. The van der Waals surface area contributed by atoms with Crippen LogP contribution in [0.5, 0.6) is 0 Å². The van der Waals surface area contributed by atoms with Gasteiger partial charge in [-0.2, -0.15) is 0 Å². The van der Waals surface area contributed by atoms with E-state index >= 15 is 0 Å². The second-order valence-corrected chi connectivity index (χ2v) is 8.56. The Morgan fingerprint density at radius 2 is 1.70 bits per heavy atom. The number of nitrogens with zero attached hydrogens (tertiary/aromatic N) is 6. The monoisotopic (exact) mass is 412 g/mol. The molecule has 1 fully saturated rings. The number of pyridine rings is 2. The van der Waals surface area contributed by atoms with Gasteiger partial charge < -0.3 is 0 Å². The molecule has 1 aromatic carbocycles. The molecule has 0 bridgehead atoms. The quantitative estimate of drug-likeness (QED) is 0.493. The predicted octanol–water partition coefficient (Wildman–Crippen LogP) is 4.51. The van der Waals surface area contributed by atoms with Crippen LogP contribution in [0.3, 0.4) is 0 Å². The molecule has 0 amide bonds. The molecule has 6 rings (SSSR count). The zero-order chi connectivity index (χ0) is 19.9. The largest absolute Gasteiger partial charge is 0.278 e. The highest BCUT2D eigenvalue weighted by atomic mass is 32.2. The lowest BCUT2D eigenvalue weighted by Crippen LogP contribution is -2.34. The third-order valence-corrected chi connectivity index (χ3v) is 6.70. The zero-order valence-electron chi connectivity index (χ0n) is 16.3. The highest BCUT2D eigenvalue weighted by Gasteiger charge is 2.35. The van der Waals surface area contributed by atoms with E-state index in [0.717, 1.165) is 40.2 Å². The summed E-state index contributed by atoms with van der Waals surface area (Å²) in [4.78, 5) is 16.3. The average molecular weight is 413 g/mol. The van der Waals surface area contributed by atoms with Gasteiger partial charge in [0.15, 0.2) is 11.0 Å². The van der Waals surface area contributed by atoms with E-state index in [-0.39, 0.29) is 6.17 Å². The van der Waals surface area contributed by atoms with Crippen LogP contribution in [0.1, 0.15) is 24.6 Å². The molecule has 6 nitrogen and oxygen atoms in total. The minimum Gasteiger partial charge on any atom is -0.278 e.